The highest BCUT2D eigenvalue weighted by Crippen LogP contribution is 2.31. The topological polar surface area (TPSA) is 55.2 Å². The molecule has 0 saturated heterocycles. The minimum absolute atomic E-state index is 0.122. The number of rotatable bonds is 6. The van der Waals surface area contributed by atoms with Crippen LogP contribution in [0.4, 0.5) is 15.8 Å². The molecule has 4 nitrogen and oxygen atoms in total. The van der Waals surface area contributed by atoms with E-state index in [1.807, 2.05) is 0 Å². The second kappa shape index (κ2) is 6.88. The van der Waals surface area contributed by atoms with Crippen LogP contribution in [0.2, 0.25) is 5.02 Å². The zero-order valence-electron chi connectivity index (χ0n) is 12.1. The van der Waals surface area contributed by atoms with Crippen molar-refractivity contribution in [3.8, 4) is 0 Å². The first-order chi connectivity index (χ1) is 9.23. The SMILES string of the molecule is CC(C)C(CNc1cc(Cl)c(F)cc1[N+](=O)[O-])C(C)C. The quantitative estimate of drug-likeness (QED) is 0.610. The van der Waals surface area contributed by atoms with Crippen molar-refractivity contribution in [3.05, 3.63) is 33.1 Å². The van der Waals surface area contributed by atoms with Gasteiger partial charge in [-0.15, -0.1) is 0 Å². The van der Waals surface area contributed by atoms with E-state index in [2.05, 4.69) is 33.0 Å². The van der Waals surface area contributed by atoms with Crippen molar-refractivity contribution in [2.75, 3.05) is 11.9 Å². The fourth-order valence-electron chi connectivity index (χ4n) is 2.30. The van der Waals surface area contributed by atoms with E-state index in [1.165, 1.54) is 6.07 Å². The van der Waals surface area contributed by atoms with Gasteiger partial charge in [-0.25, -0.2) is 4.39 Å². The number of anilines is 1. The number of halogens is 2. The van der Waals surface area contributed by atoms with Crippen LogP contribution in [0, 0.1) is 33.7 Å². The number of nitrogens with zero attached hydrogens (tertiary/aromatic N) is 1. The Hall–Kier alpha value is -1.36. The van der Waals surface area contributed by atoms with Crippen molar-refractivity contribution in [2.45, 2.75) is 27.7 Å². The van der Waals surface area contributed by atoms with Gasteiger partial charge in [0.1, 0.15) is 11.5 Å². The van der Waals surface area contributed by atoms with Gasteiger partial charge < -0.3 is 5.32 Å². The Bertz CT molecular complexity index is 484. The van der Waals surface area contributed by atoms with Gasteiger partial charge in [-0.2, -0.15) is 0 Å². The van der Waals surface area contributed by atoms with E-state index in [9.17, 15) is 14.5 Å². The van der Waals surface area contributed by atoms with Crippen molar-refractivity contribution < 1.29 is 9.31 Å². The van der Waals surface area contributed by atoms with Crippen LogP contribution in [-0.2, 0) is 0 Å². The van der Waals surface area contributed by atoms with Crippen molar-refractivity contribution >= 4 is 23.0 Å². The minimum atomic E-state index is -0.784. The van der Waals surface area contributed by atoms with Crippen molar-refractivity contribution in [1.29, 1.82) is 0 Å². The van der Waals surface area contributed by atoms with Gasteiger partial charge in [-0.1, -0.05) is 39.3 Å². The van der Waals surface area contributed by atoms with Gasteiger partial charge in [0.05, 0.1) is 16.0 Å². The van der Waals surface area contributed by atoms with Crippen LogP contribution in [0.3, 0.4) is 0 Å². The lowest BCUT2D eigenvalue weighted by Gasteiger charge is -2.25. The molecule has 1 aromatic rings. The molecule has 6 heteroatoms. The Balaban J connectivity index is 2.97. The maximum Gasteiger partial charge on any atom is 0.295 e. The lowest BCUT2D eigenvalue weighted by molar-refractivity contribution is -0.384. The molecule has 0 amide bonds. The van der Waals surface area contributed by atoms with E-state index < -0.39 is 10.7 Å². The second-order valence-corrected chi connectivity index (χ2v) is 5.98. The fourth-order valence-corrected chi connectivity index (χ4v) is 2.46. The van der Waals surface area contributed by atoms with E-state index in [4.69, 9.17) is 11.6 Å². The van der Waals surface area contributed by atoms with Crippen molar-refractivity contribution in [1.82, 2.24) is 0 Å². The summed E-state index contributed by atoms with van der Waals surface area (Å²) in [6, 6.07) is 2.12. The molecule has 0 aliphatic carbocycles. The molecule has 0 radical (unpaired) electrons. The summed E-state index contributed by atoms with van der Waals surface area (Å²) in [5, 5.41) is 13.9. The van der Waals surface area contributed by atoms with Crippen LogP contribution in [0.25, 0.3) is 0 Å². The number of benzene rings is 1. The van der Waals surface area contributed by atoms with E-state index >= 15 is 0 Å². The molecule has 0 unspecified atom stereocenters. The summed E-state index contributed by atoms with van der Waals surface area (Å²) < 4.78 is 13.3. The van der Waals surface area contributed by atoms with Gasteiger partial charge in [0, 0.05) is 6.54 Å². The van der Waals surface area contributed by atoms with Gasteiger partial charge in [0.15, 0.2) is 0 Å². The first kappa shape index (κ1) is 16.7. The Morgan fingerprint density at radius 1 is 1.30 bits per heavy atom. The predicted molar refractivity (Wildman–Crippen MR) is 79.7 cm³/mol. The van der Waals surface area contributed by atoms with Crippen molar-refractivity contribution in [3.63, 3.8) is 0 Å². The highest BCUT2D eigenvalue weighted by molar-refractivity contribution is 6.31. The van der Waals surface area contributed by atoms with Crippen LogP contribution in [0.15, 0.2) is 12.1 Å². The number of hydrogen-bond acceptors (Lipinski definition) is 3. The third kappa shape index (κ3) is 4.07. The summed E-state index contributed by atoms with van der Waals surface area (Å²) in [5.41, 5.74) is -0.0362. The summed E-state index contributed by atoms with van der Waals surface area (Å²) in [6.45, 7) is 9.02. The lowest BCUT2D eigenvalue weighted by atomic mass is 9.85. The molecule has 0 fully saturated rings. The first-order valence-electron chi connectivity index (χ1n) is 6.61. The summed E-state index contributed by atoms with van der Waals surface area (Å²) in [5.74, 6) is 0.460. The van der Waals surface area contributed by atoms with Crippen LogP contribution < -0.4 is 5.32 Å². The molecular formula is C14H20ClFN2O2. The number of nitro benzene ring substituents is 1. The fraction of sp³-hybridized carbons (Fsp3) is 0.571. The highest BCUT2D eigenvalue weighted by atomic mass is 35.5. The Kier molecular flexibility index (Phi) is 5.74. The zero-order chi connectivity index (χ0) is 15.4. The van der Waals surface area contributed by atoms with Crippen LogP contribution in [0.5, 0.6) is 0 Å². The Morgan fingerprint density at radius 2 is 1.85 bits per heavy atom. The second-order valence-electron chi connectivity index (χ2n) is 5.57. The first-order valence-corrected chi connectivity index (χ1v) is 6.99. The van der Waals surface area contributed by atoms with Gasteiger partial charge in [-0.05, 0) is 23.8 Å². The predicted octanol–water partition coefficient (Wildman–Crippen LogP) is 4.73. The Labute approximate surface area is 123 Å². The molecule has 0 atom stereocenters. The maximum absolute atomic E-state index is 13.3. The van der Waals surface area contributed by atoms with Gasteiger partial charge in [-0.3, -0.25) is 10.1 Å². The minimum Gasteiger partial charge on any atom is -0.379 e. The van der Waals surface area contributed by atoms with E-state index in [1.54, 1.807) is 0 Å². The lowest BCUT2D eigenvalue weighted by Crippen LogP contribution is -2.24. The van der Waals surface area contributed by atoms with Gasteiger partial charge in [0.2, 0.25) is 0 Å². The zero-order valence-corrected chi connectivity index (χ0v) is 12.9. The molecule has 20 heavy (non-hydrogen) atoms. The molecule has 0 aliphatic rings. The molecule has 0 bridgehead atoms. The summed E-state index contributed by atoms with van der Waals surface area (Å²) >= 11 is 5.69. The smallest absolute Gasteiger partial charge is 0.295 e. The molecule has 1 rings (SSSR count). The molecule has 1 N–H and O–H groups in total. The normalized spacial score (nSPS) is 11.4. The molecule has 1 aromatic carbocycles. The maximum atomic E-state index is 13.3. The van der Waals surface area contributed by atoms with Crippen LogP contribution >= 0.6 is 11.6 Å². The van der Waals surface area contributed by atoms with Gasteiger partial charge >= 0.3 is 0 Å². The average Bonchev–Trinajstić information content (AvgIpc) is 2.32. The molecular weight excluding hydrogens is 283 g/mol. The molecule has 0 saturated carbocycles. The third-order valence-corrected chi connectivity index (χ3v) is 3.77. The van der Waals surface area contributed by atoms with Crippen molar-refractivity contribution in [2.24, 2.45) is 17.8 Å². The highest BCUT2D eigenvalue weighted by Gasteiger charge is 2.21. The van der Waals surface area contributed by atoms with E-state index in [0.717, 1.165) is 6.07 Å². The summed E-state index contributed by atoms with van der Waals surface area (Å²) in [4.78, 5) is 10.3. The van der Waals surface area contributed by atoms with E-state index in [-0.39, 0.29) is 16.4 Å². The van der Waals surface area contributed by atoms with Crippen LogP contribution in [0.1, 0.15) is 27.7 Å². The molecule has 0 spiro atoms. The summed E-state index contributed by atoms with van der Waals surface area (Å²) in [6.07, 6.45) is 0. The molecule has 0 heterocycles. The number of nitrogens with one attached hydrogen (secondary N) is 1. The average molecular weight is 303 g/mol. The standard InChI is InChI=1S/C14H20ClFN2O2/c1-8(2)10(9(3)4)7-17-13-5-11(15)12(16)6-14(13)18(19)20/h5-6,8-10,17H,7H2,1-4H3. The number of nitro groups is 1. The summed E-state index contributed by atoms with van der Waals surface area (Å²) in [7, 11) is 0. The van der Waals surface area contributed by atoms with E-state index in [0.29, 0.717) is 24.3 Å². The molecule has 0 aliphatic heterocycles. The van der Waals surface area contributed by atoms with Crippen LogP contribution in [-0.4, -0.2) is 11.5 Å². The monoisotopic (exact) mass is 302 g/mol. The van der Waals surface area contributed by atoms with Gasteiger partial charge in [0.25, 0.3) is 5.69 Å². The molecule has 0 aromatic heterocycles. The Morgan fingerprint density at radius 3 is 2.30 bits per heavy atom. The number of hydrogen-bond donors (Lipinski definition) is 1. The largest absolute Gasteiger partial charge is 0.379 e. The molecule has 112 valence electrons. The third-order valence-electron chi connectivity index (χ3n) is 3.48.